The van der Waals surface area contributed by atoms with Gasteiger partial charge in [-0.25, -0.2) is 4.79 Å². The van der Waals surface area contributed by atoms with Crippen LogP contribution in [-0.4, -0.2) is 25.8 Å². The molecule has 0 aromatic rings. The van der Waals surface area contributed by atoms with E-state index >= 15 is 0 Å². The third-order valence-corrected chi connectivity index (χ3v) is 7.86. The highest BCUT2D eigenvalue weighted by Gasteiger charge is 2.63. The van der Waals surface area contributed by atoms with Crippen LogP contribution in [0.3, 0.4) is 0 Å². The van der Waals surface area contributed by atoms with Gasteiger partial charge in [-0.2, -0.15) is 0 Å². The van der Waals surface area contributed by atoms with E-state index in [1.807, 2.05) is 0 Å². The first-order valence-electron chi connectivity index (χ1n) is 9.38. The molecule has 4 aliphatic rings. The summed E-state index contributed by atoms with van der Waals surface area (Å²) in [6.07, 6.45) is 8.22. The van der Waals surface area contributed by atoms with Gasteiger partial charge in [0, 0.05) is 11.0 Å². The van der Waals surface area contributed by atoms with Gasteiger partial charge in [-0.3, -0.25) is 0 Å². The molecule has 132 valence electrons. The van der Waals surface area contributed by atoms with E-state index in [0.29, 0.717) is 24.4 Å². The summed E-state index contributed by atoms with van der Waals surface area (Å²) in [7, 11) is 1.48. The van der Waals surface area contributed by atoms with Crippen LogP contribution in [-0.2, 0) is 14.3 Å². The molecule has 0 amide bonds. The normalized spacial score (nSPS) is 43.0. The number of ether oxygens (including phenoxy) is 2. The molecule has 3 aliphatic carbocycles. The lowest BCUT2D eigenvalue weighted by Gasteiger charge is -2.61. The Hall–Kier alpha value is -1.09. The number of hydrogen-bond donors (Lipinski definition) is 0. The molecular formula is C21H30O3. The Bertz CT molecular complexity index is 656. The minimum Gasteiger partial charge on any atom is -0.466 e. The Labute approximate surface area is 145 Å². The molecule has 4 atom stereocenters. The molecule has 0 unspecified atom stereocenters. The van der Waals surface area contributed by atoms with Gasteiger partial charge < -0.3 is 9.47 Å². The van der Waals surface area contributed by atoms with Gasteiger partial charge in [0.1, 0.15) is 0 Å². The second-order valence-corrected chi connectivity index (χ2v) is 9.32. The van der Waals surface area contributed by atoms with Gasteiger partial charge in [-0.15, -0.1) is 0 Å². The Morgan fingerprint density at radius 1 is 1.25 bits per heavy atom. The van der Waals surface area contributed by atoms with Gasteiger partial charge in [-0.05, 0) is 54.9 Å². The number of methoxy groups -OCH3 is 1. The first kappa shape index (κ1) is 16.4. The lowest BCUT2D eigenvalue weighted by Crippen LogP contribution is -2.55. The molecule has 4 rings (SSSR count). The summed E-state index contributed by atoms with van der Waals surface area (Å²) in [4.78, 5) is 12.3. The van der Waals surface area contributed by atoms with E-state index < -0.39 is 0 Å². The average Bonchev–Trinajstić information content (AvgIpc) is 2.85. The molecule has 0 aromatic carbocycles. The van der Waals surface area contributed by atoms with Gasteiger partial charge in [0.2, 0.25) is 0 Å². The fourth-order valence-corrected chi connectivity index (χ4v) is 6.67. The zero-order chi connectivity index (χ0) is 17.3. The fraction of sp³-hybridized carbons (Fsp3) is 0.762. The summed E-state index contributed by atoms with van der Waals surface area (Å²) in [5.74, 6) is 0.476. The number of rotatable bonds is 1. The van der Waals surface area contributed by atoms with Crippen molar-refractivity contribution < 1.29 is 14.3 Å². The van der Waals surface area contributed by atoms with Crippen molar-refractivity contribution in [1.82, 2.24) is 0 Å². The molecule has 0 aromatic heterocycles. The first-order valence-corrected chi connectivity index (χ1v) is 9.38. The Morgan fingerprint density at radius 3 is 2.71 bits per heavy atom. The number of carbonyl (C=O) groups is 1. The van der Waals surface area contributed by atoms with Crippen LogP contribution >= 0.6 is 0 Å². The quantitative estimate of drug-likeness (QED) is 0.527. The molecule has 1 aliphatic heterocycles. The Kier molecular flexibility index (Phi) is 3.39. The second kappa shape index (κ2) is 4.97. The molecule has 0 N–H and O–H groups in total. The van der Waals surface area contributed by atoms with Crippen molar-refractivity contribution in [2.45, 2.75) is 65.9 Å². The summed E-state index contributed by atoms with van der Waals surface area (Å²) in [5, 5.41) is 0. The number of fused-ring (bicyclic) bond motifs is 2. The molecule has 2 saturated carbocycles. The van der Waals surface area contributed by atoms with Crippen molar-refractivity contribution in [3.63, 3.8) is 0 Å². The zero-order valence-electron chi connectivity index (χ0n) is 15.7. The smallest absolute Gasteiger partial charge is 0.334 e. The number of esters is 1. The van der Waals surface area contributed by atoms with Crippen molar-refractivity contribution >= 4 is 5.97 Å². The lowest BCUT2D eigenvalue weighted by molar-refractivity contribution is -0.136. The van der Waals surface area contributed by atoms with Crippen molar-refractivity contribution in [1.29, 1.82) is 0 Å². The molecule has 0 bridgehead atoms. The number of allylic oxidation sites excluding steroid dienone is 1. The third kappa shape index (κ3) is 1.85. The highest BCUT2D eigenvalue weighted by molar-refractivity contribution is 5.91. The largest absolute Gasteiger partial charge is 0.466 e. The van der Waals surface area contributed by atoms with E-state index in [4.69, 9.17) is 9.47 Å². The van der Waals surface area contributed by atoms with E-state index in [1.54, 1.807) is 5.57 Å². The van der Waals surface area contributed by atoms with E-state index in [2.05, 4.69) is 33.8 Å². The summed E-state index contributed by atoms with van der Waals surface area (Å²) >= 11 is 0. The summed E-state index contributed by atoms with van der Waals surface area (Å²) < 4.78 is 11.3. The maximum absolute atomic E-state index is 12.3. The molecule has 3 nitrogen and oxygen atoms in total. The predicted octanol–water partition coefficient (Wildman–Crippen LogP) is 4.43. The van der Waals surface area contributed by atoms with Crippen LogP contribution in [0.5, 0.6) is 0 Å². The summed E-state index contributed by atoms with van der Waals surface area (Å²) in [6, 6.07) is 0. The van der Waals surface area contributed by atoms with E-state index in [9.17, 15) is 4.79 Å². The van der Waals surface area contributed by atoms with Crippen molar-refractivity contribution in [2.24, 2.45) is 22.2 Å². The summed E-state index contributed by atoms with van der Waals surface area (Å²) in [6.45, 7) is 10.3. The van der Waals surface area contributed by atoms with Gasteiger partial charge in [0.05, 0.1) is 19.8 Å². The van der Waals surface area contributed by atoms with Crippen LogP contribution in [0.25, 0.3) is 0 Å². The minimum absolute atomic E-state index is 0.111. The van der Waals surface area contributed by atoms with Crippen LogP contribution in [0.15, 0.2) is 22.8 Å². The van der Waals surface area contributed by atoms with Crippen LogP contribution < -0.4 is 0 Å². The molecule has 0 radical (unpaired) electrons. The van der Waals surface area contributed by atoms with Crippen molar-refractivity contribution in [2.75, 3.05) is 13.7 Å². The second-order valence-electron chi connectivity index (χ2n) is 9.32. The maximum Gasteiger partial charge on any atom is 0.334 e. The Morgan fingerprint density at radius 2 is 2.00 bits per heavy atom. The molecule has 1 saturated heterocycles. The van der Waals surface area contributed by atoms with Gasteiger partial charge in [-0.1, -0.05) is 38.8 Å². The van der Waals surface area contributed by atoms with Crippen LogP contribution in [0.4, 0.5) is 0 Å². The predicted molar refractivity (Wildman–Crippen MR) is 93.4 cm³/mol. The highest BCUT2D eigenvalue weighted by atomic mass is 16.5. The third-order valence-electron chi connectivity index (χ3n) is 7.86. The Balaban J connectivity index is 1.85. The van der Waals surface area contributed by atoms with Gasteiger partial charge in [0.25, 0.3) is 0 Å². The molecule has 3 heteroatoms. The minimum atomic E-state index is -0.179. The molecular weight excluding hydrogens is 300 g/mol. The fourth-order valence-electron chi connectivity index (χ4n) is 6.67. The van der Waals surface area contributed by atoms with Crippen LogP contribution in [0.1, 0.15) is 59.8 Å². The van der Waals surface area contributed by atoms with E-state index in [-0.39, 0.29) is 22.9 Å². The average molecular weight is 330 g/mol. The molecule has 24 heavy (non-hydrogen) atoms. The topological polar surface area (TPSA) is 35.5 Å². The van der Waals surface area contributed by atoms with Crippen LogP contribution in [0, 0.1) is 22.2 Å². The van der Waals surface area contributed by atoms with Gasteiger partial charge in [0.15, 0.2) is 0 Å². The molecule has 1 heterocycles. The zero-order valence-corrected chi connectivity index (χ0v) is 15.7. The maximum atomic E-state index is 12.3. The van der Waals surface area contributed by atoms with Crippen molar-refractivity contribution in [3.05, 3.63) is 22.8 Å². The highest BCUT2D eigenvalue weighted by Crippen LogP contribution is 2.68. The SMILES string of the molecule is COC(=O)C1=C2CO[C@@H]3C[C@H]4C(C)(C)CCC[C@]4(C)C(=CC1)[C@]23C. The molecule has 0 spiro atoms. The number of hydrogen-bond acceptors (Lipinski definition) is 3. The van der Waals surface area contributed by atoms with Gasteiger partial charge >= 0.3 is 5.97 Å². The van der Waals surface area contributed by atoms with E-state index in [1.165, 1.54) is 31.9 Å². The van der Waals surface area contributed by atoms with Crippen LogP contribution in [0.2, 0.25) is 0 Å². The standard InChI is InChI=1S/C21H30O3/c1-19(2)9-6-10-20(3)15-8-7-13(18(22)23-5)14-12-24-17(11-16(19)20)21(14,15)4/h8,16-17H,6-7,9-12H2,1-5H3/t16-,17+,20+,21-/m0/s1. The lowest BCUT2D eigenvalue weighted by atomic mass is 9.43. The monoisotopic (exact) mass is 330 g/mol. The molecule has 3 fully saturated rings. The number of carbonyl (C=O) groups excluding carboxylic acids is 1. The summed E-state index contributed by atoms with van der Waals surface area (Å²) in [5.41, 5.74) is 4.05. The van der Waals surface area contributed by atoms with E-state index in [0.717, 1.165) is 12.0 Å². The van der Waals surface area contributed by atoms with Crippen molar-refractivity contribution in [3.8, 4) is 0 Å². The first-order chi connectivity index (χ1) is 11.2.